The third-order valence-electron chi connectivity index (χ3n) is 6.84. The summed E-state index contributed by atoms with van der Waals surface area (Å²) in [4.78, 5) is 17.5. The largest absolute Gasteiger partial charge is 0.496 e. The van der Waals surface area contributed by atoms with Crippen molar-refractivity contribution in [2.75, 3.05) is 33.2 Å². The van der Waals surface area contributed by atoms with E-state index in [1.54, 1.807) is 27.2 Å². The molecule has 2 aromatic carbocycles. The van der Waals surface area contributed by atoms with Gasteiger partial charge in [-0.1, -0.05) is 12.8 Å². The number of carbonyl (C=O) groups excluding carboxylic acids is 1. The molecule has 2 N–H and O–H groups in total. The third kappa shape index (κ3) is 6.00. The Morgan fingerprint density at radius 2 is 1.84 bits per heavy atom. The smallest absolute Gasteiger partial charge is 0.340 e. The first kappa shape index (κ1) is 27.2. The number of rotatable bonds is 11. The van der Waals surface area contributed by atoms with E-state index in [1.165, 1.54) is 11.3 Å². The number of anilines is 1. The van der Waals surface area contributed by atoms with E-state index in [1.807, 2.05) is 32.2 Å². The number of aliphatic hydroxyl groups excluding tert-OH is 1. The number of thiazole rings is 1. The molecule has 200 valence electrons. The molecular formula is C28H36N2O6S. The van der Waals surface area contributed by atoms with Gasteiger partial charge in [0.1, 0.15) is 17.6 Å². The highest BCUT2D eigenvalue weighted by molar-refractivity contribution is 7.18. The Morgan fingerprint density at radius 1 is 1.16 bits per heavy atom. The number of hydrogen-bond donors (Lipinski definition) is 2. The van der Waals surface area contributed by atoms with Gasteiger partial charge in [0.2, 0.25) is 0 Å². The van der Waals surface area contributed by atoms with Gasteiger partial charge < -0.3 is 29.4 Å². The van der Waals surface area contributed by atoms with Crippen LogP contribution in [0, 0.1) is 6.92 Å². The maximum Gasteiger partial charge on any atom is 0.340 e. The lowest BCUT2D eigenvalue weighted by Crippen LogP contribution is -2.29. The fourth-order valence-electron chi connectivity index (χ4n) is 4.84. The van der Waals surface area contributed by atoms with E-state index in [0.29, 0.717) is 34.6 Å². The molecule has 0 unspecified atom stereocenters. The summed E-state index contributed by atoms with van der Waals surface area (Å²) in [5.74, 6) is 0.887. The average Bonchev–Trinajstić information content (AvgIpc) is 3.57. The Balaban J connectivity index is 1.70. The molecule has 0 radical (unpaired) electrons. The molecule has 0 saturated heterocycles. The number of methoxy groups -OCH3 is 2. The van der Waals surface area contributed by atoms with E-state index < -0.39 is 18.2 Å². The molecule has 1 aliphatic carbocycles. The quantitative estimate of drug-likeness (QED) is 0.317. The van der Waals surface area contributed by atoms with Gasteiger partial charge in [0.15, 0.2) is 0 Å². The van der Waals surface area contributed by atoms with E-state index in [9.17, 15) is 9.90 Å². The standard InChI is InChI=1S/C28H36N2O6S/c1-6-35-28(32)20-13-18(29-3)14-24-26(20)30-25(37-24)15-23(36-19-9-7-8-10-19)27(31)17-11-21(33-4)16(2)22(12-17)34-5/h11-14,19,23,27,29,31H,6-10,15H2,1-5H3/t23-,27+/m0/s1. The van der Waals surface area contributed by atoms with E-state index in [2.05, 4.69) is 5.32 Å². The van der Waals surface area contributed by atoms with Crippen LogP contribution in [0.2, 0.25) is 0 Å². The van der Waals surface area contributed by atoms with Crippen molar-refractivity contribution in [1.82, 2.24) is 4.98 Å². The first-order valence-electron chi connectivity index (χ1n) is 12.7. The van der Waals surface area contributed by atoms with Crippen molar-refractivity contribution in [2.24, 2.45) is 0 Å². The Kier molecular flexibility index (Phi) is 8.89. The number of fused-ring (bicyclic) bond motifs is 1. The Morgan fingerprint density at radius 3 is 2.43 bits per heavy atom. The first-order valence-corrected chi connectivity index (χ1v) is 13.5. The van der Waals surface area contributed by atoms with Crippen LogP contribution in [0.15, 0.2) is 24.3 Å². The van der Waals surface area contributed by atoms with Crippen LogP contribution < -0.4 is 14.8 Å². The van der Waals surface area contributed by atoms with E-state index in [0.717, 1.165) is 46.6 Å². The normalized spacial score (nSPS) is 15.5. The van der Waals surface area contributed by atoms with Crippen molar-refractivity contribution in [3.05, 3.63) is 46.0 Å². The summed E-state index contributed by atoms with van der Waals surface area (Å²) in [6.07, 6.45) is 3.22. The second-order valence-electron chi connectivity index (χ2n) is 9.23. The first-order chi connectivity index (χ1) is 17.9. The molecule has 9 heteroatoms. The maximum absolute atomic E-state index is 12.7. The van der Waals surface area contributed by atoms with Gasteiger partial charge in [-0.3, -0.25) is 0 Å². The van der Waals surface area contributed by atoms with Crippen molar-refractivity contribution in [2.45, 2.75) is 64.3 Å². The number of aliphatic hydroxyl groups is 1. The molecule has 0 bridgehead atoms. The number of hydrogen-bond acceptors (Lipinski definition) is 9. The number of nitrogens with zero attached hydrogens (tertiary/aromatic N) is 1. The number of ether oxygens (including phenoxy) is 4. The van der Waals surface area contributed by atoms with Crippen LogP contribution in [0.25, 0.3) is 10.2 Å². The van der Waals surface area contributed by atoms with Crippen LogP contribution in [0.3, 0.4) is 0 Å². The molecule has 4 rings (SSSR count). The van der Waals surface area contributed by atoms with Crippen LogP contribution in [-0.4, -0.2) is 56.1 Å². The summed E-state index contributed by atoms with van der Waals surface area (Å²) in [5, 5.41) is 15.4. The predicted octanol–water partition coefficient (Wildman–Crippen LogP) is 5.44. The number of nitrogens with one attached hydrogen (secondary N) is 1. The molecule has 1 heterocycles. The number of esters is 1. The SMILES string of the molecule is CCOC(=O)c1cc(NC)cc2sc(C[C@H](OC3CCCC3)[C@H](O)c3cc(OC)c(C)c(OC)c3)nc12. The summed E-state index contributed by atoms with van der Waals surface area (Å²) in [7, 11) is 5.02. The van der Waals surface area contributed by atoms with Crippen LogP contribution in [-0.2, 0) is 15.9 Å². The lowest BCUT2D eigenvalue weighted by molar-refractivity contribution is -0.0753. The van der Waals surface area contributed by atoms with Gasteiger partial charge in [0, 0.05) is 24.7 Å². The Bertz CT molecular complexity index is 1210. The zero-order valence-electron chi connectivity index (χ0n) is 22.1. The van der Waals surface area contributed by atoms with E-state index in [-0.39, 0.29) is 12.7 Å². The molecule has 0 amide bonds. The minimum Gasteiger partial charge on any atom is -0.496 e. The van der Waals surface area contributed by atoms with Crippen LogP contribution in [0.1, 0.15) is 65.2 Å². The third-order valence-corrected chi connectivity index (χ3v) is 7.86. The maximum atomic E-state index is 12.7. The number of carbonyl (C=O) groups is 1. The van der Waals surface area contributed by atoms with Crippen molar-refractivity contribution in [1.29, 1.82) is 0 Å². The summed E-state index contributed by atoms with van der Waals surface area (Å²) < 4.78 is 23.7. The van der Waals surface area contributed by atoms with Crippen LogP contribution >= 0.6 is 11.3 Å². The zero-order chi connectivity index (χ0) is 26.5. The molecule has 1 fully saturated rings. The van der Waals surface area contributed by atoms with Crippen LogP contribution in [0.5, 0.6) is 11.5 Å². The lowest BCUT2D eigenvalue weighted by atomic mass is 9.99. The van der Waals surface area contributed by atoms with E-state index >= 15 is 0 Å². The Labute approximate surface area is 221 Å². The highest BCUT2D eigenvalue weighted by Gasteiger charge is 2.30. The fraction of sp³-hybridized carbons (Fsp3) is 0.500. The second kappa shape index (κ2) is 12.1. The second-order valence-corrected chi connectivity index (χ2v) is 10.3. The topological polar surface area (TPSA) is 99.1 Å². The van der Waals surface area contributed by atoms with Crippen molar-refractivity contribution in [3.63, 3.8) is 0 Å². The minimum absolute atomic E-state index is 0.0919. The molecule has 3 aromatic rings. The lowest BCUT2D eigenvalue weighted by Gasteiger charge is -2.27. The number of benzene rings is 2. The highest BCUT2D eigenvalue weighted by Crippen LogP contribution is 2.37. The fourth-order valence-corrected chi connectivity index (χ4v) is 5.92. The van der Waals surface area contributed by atoms with Crippen molar-refractivity contribution < 1.29 is 28.8 Å². The number of aromatic nitrogens is 1. The Hall–Kier alpha value is -2.88. The zero-order valence-corrected chi connectivity index (χ0v) is 22.9. The molecule has 37 heavy (non-hydrogen) atoms. The van der Waals surface area contributed by atoms with Gasteiger partial charge in [-0.2, -0.15) is 0 Å². The summed E-state index contributed by atoms with van der Waals surface area (Å²) in [6, 6.07) is 7.40. The van der Waals surface area contributed by atoms with Gasteiger partial charge in [0.25, 0.3) is 0 Å². The molecule has 1 aromatic heterocycles. The van der Waals surface area contributed by atoms with Gasteiger partial charge in [-0.25, -0.2) is 9.78 Å². The monoisotopic (exact) mass is 528 g/mol. The molecule has 0 aliphatic heterocycles. The molecule has 8 nitrogen and oxygen atoms in total. The van der Waals surface area contributed by atoms with Gasteiger partial charge in [0.05, 0.1) is 53.8 Å². The van der Waals surface area contributed by atoms with Crippen molar-refractivity contribution >= 4 is 33.2 Å². The molecule has 1 aliphatic rings. The molecular weight excluding hydrogens is 492 g/mol. The summed E-state index contributed by atoms with van der Waals surface area (Å²) in [5.41, 5.74) is 3.36. The highest BCUT2D eigenvalue weighted by atomic mass is 32.1. The summed E-state index contributed by atoms with van der Waals surface area (Å²) >= 11 is 1.49. The molecule has 0 spiro atoms. The van der Waals surface area contributed by atoms with Crippen LogP contribution in [0.4, 0.5) is 5.69 Å². The minimum atomic E-state index is -0.923. The van der Waals surface area contributed by atoms with Gasteiger partial charge in [-0.05, 0) is 56.5 Å². The van der Waals surface area contributed by atoms with E-state index in [4.69, 9.17) is 23.9 Å². The van der Waals surface area contributed by atoms with Gasteiger partial charge in [-0.15, -0.1) is 11.3 Å². The molecule has 2 atom stereocenters. The van der Waals surface area contributed by atoms with Gasteiger partial charge >= 0.3 is 5.97 Å². The molecule has 1 saturated carbocycles. The summed E-state index contributed by atoms with van der Waals surface area (Å²) in [6.45, 7) is 3.99. The van der Waals surface area contributed by atoms with Crippen molar-refractivity contribution in [3.8, 4) is 11.5 Å². The predicted molar refractivity (Wildman–Crippen MR) is 145 cm³/mol. The average molecular weight is 529 g/mol.